The summed E-state index contributed by atoms with van der Waals surface area (Å²) in [5, 5.41) is 16.1. The molecule has 2 aromatic heterocycles. The number of rotatable bonds is 3. The van der Waals surface area contributed by atoms with Crippen LogP contribution in [0.4, 0.5) is 5.82 Å². The monoisotopic (exact) mass is 221 g/mol. The zero-order valence-electron chi connectivity index (χ0n) is 8.89. The van der Waals surface area contributed by atoms with Crippen LogP contribution in [0.3, 0.4) is 0 Å². The Labute approximate surface area is 91.3 Å². The fourth-order valence-electron chi connectivity index (χ4n) is 1.31. The number of carbonyl (C=O) groups is 1. The van der Waals surface area contributed by atoms with Crippen molar-refractivity contribution in [3.05, 3.63) is 17.8 Å². The fraction of sp³-hybridized carbons (Fsp3) is 0.300. The summed E-state index contributed by atoms with van der Waals surface area (Å²) in [5.74, 6) is -0.478. The van der Waals surface area contributed by atoms with E-state index >= 15 is 0 Å². The van der Waals surface area contributed by atoms with Gasteiger partial charge in [0, 0.05) is 0 Å². The molecule has 0 aromatic carbocycles. The van der Waals surface area contributed by atoms with Crippen LogP contribution < -0.4 is 5.32 Å². The maximum Gasteiger partial charge on any atom is 0.325 e. The van der Waals surface area contributed by atoms with Crippen molar-refractivity contribution in [1.82, 2.24) is 10.1 Å². The highest BCUT2D eigenvalue weighted by molar-refractivity contribution is 5.79. The lowest BCUT2D eigenvalue weighted by molar-refractivity contribution is -0.137. The number of anilines is 1. The predicted molar refractivity (Wildman–Crippen MR) is 57.3 cm³/mol. The van der Waals surface area contributed by atoms with Crippen molar-refractivity contribution in [3.8, 4) is 0 Å². The van der Waals surface area contributed by atoms with E-state index in [1.54, 1.807) is 19.1 Å². The summed E-state index contributed by atoms with van der Waals surface area (Å²) in [6, 6.07) is 2.80. The van der Waals surface area contributed by atoms with E-state index < -0.39 is 12.0 Å². The zero-order valence-corrected chi connectivity index (χ0v) is 8.89. The first-order chi connectivity index (χ1) is 7.58. The van der Waals surface area contributed by atoms with Crippen LogP contribution in [0.25, 0.3) is 11.1 Å². The van der Waals surface area contributed by atoms with Crippen LogP contribution in [0.15, 0.2) is 16.7 Å². The molecule has 0 aliphatic rings. The molecule has 84 valence electrons. The molecule has 2 N–H and O–H groups in total. The maximum absolute atomic E-state index is 10.6. The van der Waals surface area contributed by atoms with E-state index in [-0.39, 0.29) is 0 Å². The molecule has 1 unspecified atom stereocenters. The number of hydrogen-bond acceptors (Lipinski definition) is 5. The number of hydrogen-bond donors (Lipinski definition) is 2. The number of aryl methyl sites for hydroxylation is 1. The van der Waals surface area contributed by atoms with Gasteiger partial charge in [-0.3, -0.25) is 4.79 Å². The van der Waals surface area contributed by atoms with Gasteiger partial charge in [-0.15, -0.1) is 0 Å². The molecule has 0 fully saturated rings. The molecule has 0 radical (unpaired) electrons. The Bertz CT molecular complexity index is 535. The standard InChI is InChI=1S/C10H11N3O3/c1-5-7-3-4-8(11-6(2)10(14)15)12-9(7)16-13-5/h3-4,6H,1-2H3,(H,11,12)(H,14,15). The van der Waals surface area contributed by atoms with Crippen molar-refractivity contribution in [2.75, 3.05) is 5.32 Å². The summed E-state index contributed by atoms with van der Waals surface area (Å²) < 4.78 is 4.98. The zero-order chi connectivity index (χ0) is 11.7. The number of pyridine rings is 1. The van der Waals surface area contributed by atoms with Gasteiger partial charge in [-0.25, -0.2) is 0 Å². The van der Waals surface area contributed by atoms with E-state index in [4.69, 9.17) is 9.63 Å². The molecule has 2 heterocycles. The average Bonchev–Trinajstić information content (AvgIpc) is 2.60. The highest BCUT2D eigenvalue weighted by atomic mass is 16.5. The molecular formula is C10H11N3O3. The van der Waals surface area contributed by atoms with E-state index in [0.717, 1.165) is 11.1 Å². The van der Waals surface area contributed by atoms with Crippen molar-refractivity contribution < 1.29 is 14.4 Å². The Morgan fingerprint density at radius 3 is 3.00 bits per heavy atom. The third-order valence-electron chi connectivity index (χ3n) is 2.25. The maximum atomic E-state index is 10.6. The Morgan fingerprint density at radius 2 is 2.31 bits per heavy atom. The van der Waals surface area contributed by atoms with E-state index in [0.29, 0.717) is 11.5 Å². The molecule has 0 aliphatic carbocycles. The predicted octanol–water partition coefficient (Wildman–Crippen LogP) is 1.42. The molecule has 0 bridgehead atoms. The van der Waals surface area contributed by atoms with Gasteiger partial charge in [0.2, 0.25) is 0 Å². The van der Waals surface area contributed by atoms with Crippen molar-refractivity contribution >= 4 is 22.9 Å². The summed E-state index contributed by atoms with van der Waals surface area (Å²) in [5.41, 5.74) is 1.17. The molecular weight excluding hydrogens is 210 g/mol. The van der Waals surface area contributed by atoms with Gasteiger partial charge in [0.05, 0.1) is 11.1 Å². The first kappa shape index (κ1) is 10.4. The van der Waals surface area contributed by atoms with Crippen molar-refractivity contribution in [2.24, 2.45) is 0 Å². The summed E-state index contributed by atoms with van der Waals surface area (Å²) in [4.78, 5) is 14.8. The van der Waals surface area contributed by atoms with Crippen LogP contribution in [0, 0.1) is 6.92 Å². The Kier molecular flexibility index (Phi) is 2.47. The lowest BCUT2D eigenvalue weighted by atomic mass is 10.3. The van der Waals surface area contributed by atoms with E-state index in [1.807, 2.05) is 6.92 Å². The van der Waals surface area contributed by atoms with E-state index in [2.05, 4.69) is 15.5 Å². The van der Waals surface area contributed by atoms with Gasteiger partial charge in [0.1, 0.15) is 11.9 Å². The third-order valence-corrected chi connectivity index (χ3v) is 2.25. The van der Waals surface area contributed by atoms with Gasteiger partial charge < -0.3 is 14.9 Å². The van der Waals surface area contributed by atoms with Gasteiger partial charge in [-0.1, -0.05) is 5.16 Å². The summed E-state index contributed by atoms with van der Waals surface area (Å²) in [6.45, 7) is 3.36. The summed E-state index contributed by atoms with van der Waals surface area (Å²) in [6.07, 6.45) is 0. The quantitative estimate of drug-likeness (QED) is 0.814. The Hall–Kier alpha value is -2.11. The highest BCUT2D eigenvalue weighted by Crippen LogP contribution is 2.18. The number of carboxylic acids is 1. The first-order valence-corrected chi connectivity index (χ1v) is 4.80. The molecule has 0 saturated carbocycles. The molecule has 0 aliphatic heterocycles. The number of carboxylic acid groups (broad SMARTS) is 1. The highest BCUT2D eigenvalue weighted by Gasteiger charge is 2.12. The smallest absolute Gasteiger partial charge is 0.325 e. The van der Waals surface area contributed by atoms with Crippen LogP contribution in [0.1, 0.15) is 12.6 Å². The number of nitrogens with one attached hydrogen (secondary N) is 1. The minimum absolute atomic E-state index is 0.403. The van der Waals surface area contributed by atoms with Crippen LogP contribution in [0.5, 0.6) is 0 Å². The second-order valence-corrected chi connectivity index (χ2v) is 3.52. The van der Waals surface area contributed by atoms with Crippen molar-refractivity contribution in [3.63, 3.8) is 0 Å². The van der Waals surface area contributed by atoms with Gasteiger partial charge in [0.15, 0.2) is 0 Å². The third kappa shape index (κ3) is 1.81. The Balaban J connectivity index is 2.29. The first-order valence-electron chi connectivity index (χ1n) is 4.80. The molecule has 2 aromatic rings. The molecule has 0 saturated heterocycles. The Morgan fingerprint density at radius 1 is 1.56 bits per heavy atom. The molecule has 6 heteroatoms. The van der Waals surface area contributed by atoms with Crippen LogP contribution in [0.2, 0.25) is 0 Å². The molecule has 6 nitrogen and oxygen atoms in total. The number of aliphatic carboxylic acids is 1. The minimum atomic E-state index is -0.935. The number of nitrogens with zero attached hydrogens (tertiary/aromatic N) is 2. The second-order valence-electron chi connectivity index (χ2n) is 3.52. The fourth-order valence-corrected chi connectivity index (χ4v) is 1.31. The van der Waals surface area contributed by atoms with E-state index in [9.17, 15) is 4.79 Å². The molecule has 16 heavy (non-hydrogen) atoms. The van der Waals surface area contributed by atoms with Gasteiger partial charge in [-0.05, 0) is 26.0 Å². The van der Waals surface area contributed by atoms with Crippen molar-refractivity contribution in [1.29, 1.82) is 0 Å². The van der Waals surface area contributed by atoms with Gasteiger partial charge >= 0.3 is 5.97 Å². The topological polar surface area (TPSA) is 88.3 Å². The average molecular weight is 221 g/mol. The van der Waals surface area contributed by atoms with Gasteiger partial charge in [0.25, 0.3) is 5.71 Å². The lowest BCUT2D eigenvalue weighted by Crippen LogP contribution is -2.25. The summed E-state index contributed by atoms with van der Waals surface area (Å²) in [7, 11) is 0. The van der Waals surface area contributed by atoms with Crippen LogP contribution >= 0.6 is 0 Å². The molecule has 2 rings (SSSR count). The summed E-state index contributed by atoms with van der Waals surface area (Å²) >= 11 is 0. The van der Waals surface area contributed by atoms with Crippen molar-refractivity contribution in [2.45, 2.75) is 19.9 Å². The SMILES string of the molecule is Cc1noc2nc(NC(C)C(=O)O)ccc12. The second kappa shape index (κ2) is 3.80. The molecule has 0 amide bonds. The normalized spacial score (nSPS) is 12.6. The minimum Gasteiger partial charge on any atom is -0.480 e. The number of aromatic nitrogens is 2. The molecule has 1 atom stereocenters. The van der Waals surface area contributed by atoms with Crippen LogP contribution in [-0.2, 0) is 4.79 Å². The van der Waals surface area contributed by atoms with Crippen LogP contribution in [-0.4, -0.2) is 27.3 Å². The lowest BCUT2D eigenvalue weighted by Gasteiger charge is -2.08. The largest absolute Gasteiger partial charge is 0.480 e. The van der Waals surface area contributed by atoms with Gasteiger partial charge in [-0.2, -0.15) is 4.98 Å². The number of fused-ring (bicyclic) bond motifs is 1. The molecule has 0 spiro atoms. The van der Waals surface area contributed by atoms with E-state index in [1.165, 1.54) is 0 Å².